The fourth-order valence-electron chi connectivity index (χ4n) is 2.70. The molecule has 0 unspecified atom stereocenters. The molecule has 0 aromatic heterocycles. The molecule has 0 bridgehead atoms. The molecule has 130 valence electrons. The van der Waals surface area contributed by atoms with Crippen LogP contribution < -0.4 is 10.1 Å². The summed E-state index contributed by atoms with van der Waals surface area (Å²) in [7, 11) is 1.62. The molecule has 1 N–H and O–H groups in total. The minimum absolute atomic E-state index is 0.0521. The van der Waals surface area contributed by atoms with Crippen molar-refractivity contribution in [2.75, 3.05) is 12.4 Å². The quantitative estimate of drug-likeness (QED) is 0.476. The molecule has 0 heterocycles. The van der Waals surface area contributed by atoms with Gasteiger partial charge < -0.3 is 10.1 Å². The van der Waals surface area contributed by atoms with Crippen molar-refractivity contribution >= 4 is 11.5 Å². The molecular weight excluding hydrogens is 322 g/mol. The van der Waals surface area contributed by atoms with E-state index < -0.39 is 0 Å². The summed E-state index contributed by atoms with van der Waals surface area (Å²) >= 11 is 0. The molecule has 0 saturated heterocycles. The van der Waals surface area contributed by atoms with Crippen molar-refractivity contribution in [3.8, 4) is 16.9 Å². The maximum atomic E-state index is 12.3. The summed E-state index contributed by atoms with van der Waals surface area (Å²) in [6.07, 6.45) is 3.17. The molecule has 0 radical (unpaired) electrons. The highest BCUT2D eigenvalue weighted by molar-refractivity contribution is 6.04. The Bertz CT molecular complexity index is 913. The van der Waals surface area contributed by atoms with Crippen LogP contribution in [-0.2, 0) is 0 Å². The number of nitrogens with one attached hydrogen (secondary N) is 1. The lowest BCUT2D eigenvalue weighted by atomic mass is 10.0. The number of carbonyl (C=O) groups excluding carboxylic acids is 1. The van der Waals surface area contributed by atoms with Gasteiger partial charge in [-0.05, 0) is 35.7 Å². The third kappa shape index (κ3) is 4.19. The first-order valence-corrected chi connectivity index (χ1v) is 8.45. The van der Waals surface area contributed by atoms with Crippen molar-refractivity contribution in [2.45, 2.75) is 6.92 Å². The predicted octanol–water partition coefficient (Wildman–Crippen LogP) is 5.48. The molecule has 0 aliphatic rings. The Hall–Kier alpha value is -3.33. The number of allylic oxidation sites excluding steroid dienone is 1. The van der Waals surface area contributed by atoms with E-state index in [0.717, 1.165) is 28.1 Å². The van der Waals surface area contributed by atoms with Gasteiger partial charge in [-0.1, -0.05) is 60.7 Å². The summed E-state index contributed by atoms with van der Waals surface area (Å²) in [5, 5.41) is 3.12. The third-order valence-corrected chi connectivity index (χ3v) is 4.11. The van der Waals surface area contributed by atoms with Crippen molar-refractivity contribution in [1.82, 2.24) is 0 Å². The summed E-state index contributed by atoms with van der Waals surface area (Å²) in [5.74, 6) is 0.684. The zero-order chi connectivity index (χ0) is 18.4. The normalized spacial score (nSPS) is 10.7. The van der Waals surface area contributed by atoms with Crippen LogP contribution in [0.5, 0.6) is 5.75 Å². The van der Waals surface area contributed by atoms with E-state index in [9.17, 15) is 4.79 Å². The minimum Gasteiger partial charge on any atom is -0.495 e. The first kappa shape index (κ1) is 17.5. The van der Waals surface area contributed by atoms with Crippen LogP contribution in [-0.4, -0.2) is 12.9 Å². The highest BCUT2D eigenvalue weighted by atomic mass is 16.5. The lowest BCUT2D eigenvalue weighted by molar-refractivity contribution is 0.104. The topological polar surface area (TPSA) is 38.3 Å². The van der Waals surface area contributed by atoms with Gasteiger partial charge in [0.1, 0.15) is 5.75 Å². The van der Waals surface area contributed by atoms with Crippen LogP contribution >= 0.6 is 0 Å². The zero-order valence-corrected chi connectivity index (χ0v) is 14.9. The molecule has 0 saturated carbocycles. The largest absolute Gasteiger partial charge is 0.495 e. The van der Waals surface area contributed by atoms with E-state index >= 15 is 0 Å². The van der Waals surface area contributed by atoms with Crippen LogP contribution in [0.3, 0.4) is 0 Å². The number of hydrogen-bond acceptors (Lipinski definition) is 3. The summed E-state index contributed by atoms with van der Waals surface area (Å²) < 4.78 is 5.32. The van der Waals surface area contributed by atoms with Crippen LogP contribution in [0.15, 0.2) is 85.1 Å². The monoisotopic (exact) mass is 343 g/mol. The SMILES string of the molecule is COc1ccc(C)cc1N/C=C\C(=O)c1ccc(-c2ccccc2)cc1. The van der Waals surface area contributed by atoms with Crippen LogP contribution in [0.1, 0.15) is 15.9 Å². The number of ketones is 1. The smallest absolute Gasteiger partial charge is 0.187 e. The Labute approximate surface area is 154 Å². The fourth-order valence-corrected chi connectivity index (χ4v) is 2.70. The van der Waals surface area contributed by atoms with Gasteiger partial charge in [0.05, 0.1) is 12.8 Å². The van der Waals surface area contributed by atoms with E-state index in [0.29, 0.717) is 5.56 Å². The summed E-state index contributed by atoms with van der Waals surface area (Å²) in [6, 6.07) is 23.6. The first-order valence-electron chi connectivity index (χ1n) is 8.45. The van der Waals surface area contributed by atoms with Gasteiger partial charge in [0, 0.05) is 17.8 Å². The second kappa shape index (κ2) is 8.17. The van der Waals surface area contributed by atoms with Gasteiger partial charge in [-0.3, -0.25) is 4.79 Å². The molecule has 0 atom stereocenters. The Balaban J connectivity index is 1.68. The summed E-state index contributed by atoms with van der Waals surface area (Å²) in [5.41, 5.74) is 4.82. The molecule has 0 spiro atoms. The van der Waals surface area contributed by atoms with Gasteiger partial charge in [-0.15, -0.1) is 0 Å². The lowest BCUT2D eigenvalue weighted by Crippen LogP contribution is -1.98. The Morgan fingerprint density at radius 3 is 2.31 bits per heavy atom. The molecule has 3 aromatic carbocycles. The van der Waals surface area contributed by atoms with E-state index in [1.807, 2.05) is 67.6 Å². The maximum Gasteiger partial charge on any atom is 0.187 e. The molecule has 0 fully saturated rings. The highest BCUT2D eigenvalue weighted by Gasteiger charge is 2.04. The van der Waals surface area contributed by atoms with E-state index in [1.54, 1.807) is 13.3 Å². The Kier molecular flexibility index (Phi) is 5.49. The molecule has 0 aliphatic carbocycles. The number of hydrogen-bond donors (Lipinski definition) is 1. The zero-order valence-electron chi connectivity index (χ0n) is 14.9. The van der Waals surface area contributed by atoms with E-state index in [1.165, 1.54) is 6.08 Å². The number of ether oxygens (including phenoxy) is 1. The first-order chi connectivity index (χ1) is 12.7. The van der Waals surface area contributed by atoms with Gasteiger partial charge in [0.25, 0.3) is 0 Å². The number of methoxy groups -OCH3 is 1. The fraction of sp³-hybridized carbons (Fsp3) is 0.0870. The molecule has 3 aromatic rings. The second-order valence-corrected chi connectivity index (χ2v) is 5.99. The van der Waals surface area contributed by atoms with Gasteiger partial charge in [0.2, 0.25) is 0 Å². The van der Waals surface area contributed by atoms with E-state index in [2.05, 4.69) is 17.4 Å². The van der Waals surface area contributed by atoms with Crippen molar-refractivity contribution in [3.63, 3.8) is 0 Å². The van der Waals surface area contributed by atoms with Crippen molar-refractivity contribution < 1.29 is 9.53 Å². The number of benzene rings is 3. The minimum atomic E-state index is -0.0521. The van der Waals surface area contributed by atoms with Gasteiger partial charge in [-0.25, -0.2) is 0 Å². The van der Waals surface area contributed by atoms with Crippen LogP contribution in [0, 0.1) is 6.92 Å². The number of carbonyl (C=O) groups is 1. The average molecular weight is 343 g/mol. The number of anilines is 1. The van der Waals surface area contributed by atoms with Gasteiger partial charge in [0.15, 0.2) is 5.78 Å². The van der Waals surface area contributed by atoms with Crippen LogP contribution in [0.2, 0.25) is 0 Å². The van der Waals surface area contributed by atoms with Crippen LogP contribution in [0.25, 0.3) is 11.1 Å². The number of rotatable bonds is 6. The molecule has 0 amide bonds. The highest BCUT2D eigenvalue weighted by Crippen LogP contribution is 2.25. The van der Waals surface area contributed by atoms with Crippen molar-refractivity contribution in [3.05, 3.63) is 96.2 Å². The third-order valence-electron chi connectivity index (χ3n) is 4.11. The molecular formula is C23H21NO2. The Morgan fingerprint density at radius 2 is 1.62 bits per heavy atom. The van der Waals surface area contributed by atoms with Crippen molar-refractivity contribution in [1.29, 1.82) is 0 Å². The molecule has 3 heteroatoms. The maximum absolute atomic E-state index is 12.3. The van der Waals surface area contributed by atoms with Crippen LogP contribution in [0.4, 0.5) is 5.69 Å². The number of aryl methyl sites for hydroxylation is 1. The van der Waals surface area contributed by atoms with Crippen molar-refractivity contribution in [2.24, 2.45) is 0 Å². The lowest BCUT2D eigenvalue weighted by Gasteiger charge is -2.08. The summed E-state index contributed by atoms with van der Waals surface area (Å²) in [4.78, 5) is 12.3. The average Bonchev–Trinajstić information content (AvgIpc) is 2.69. The standard InChI is InChI=1S/C23H21NO2/c1-17-8-13-23(26-2)21(16-17)24-15-14-22(25)20-11-9-19(10-12-20)18-6-4-3-5-7-18/h3-16,24H,1-2H3/b15-14-. The summed E-state index contributed by atoms with van der Waals surface area (Å²) in [6.45, 7) is 2.01. The van der Waals surface area contributed by atoms with E-state index in [4.69, 9.17) is 4.74 Å². The Morgan fingerprint density at radius 1 is 0.923 bits per heavy atom. The van der Waals surface area contributed by atoms with Gasteiger partial charge >= 0.3 is 0 Å². The molecule has 0 aliphatic heterocycles. The predicted molar refractivity (Wildman–Crippen MR) is 107 cm³/mol. The van der Waals surface area contributed by atoms with E-state index in [-0.39, 0.29) is 5.78 Å². The second-order valence-electron chi connectivity index (χ2n) is 5.99. The molecule has 26 heavy (non-hydrogen) atoms. The molecule has 3 nitrogen and oxygen atoms in total. The molecule has 3 rings (SSSR count). The van der Waals surface area contributed by atoms with Gasteiger partial charge in [-0.2, -0.15) is 0 Å².